The zero-order valence-corrected chi connectivity index (χ0v) is 12.2. The van der Waals surface area contributed by atoms with Crippen LogP contribution in [0.5, 0.6) is 0 Å². The molecule has 2 atom stereocenters. The number of nitrogens with two attached hydrogens (primary N) is 1. The number of hydrogen-bond acceptors (Lipinski definition) is 3. The molecule has 0 amide bonds. The molecule has 114 valence electrons. The highest BCUT2D eigenvalue weighted by Crippen LogP contribution is 2.33. The summed E-state index contributed by atoms with van der Waals surface area (Å²) in [5.41, 5.74) is 5.11. The highest BCUT2D eigenvalue weighted by molar-refractivity contribution is 6.33. The van der Waals surface area contributed by atoms with Gasteiger partial charge >= 0.3 is 6.18 Å². The molecule has 8 heteroatoms. The van der Waals surface area contributed by atoms with Crippen LogP contribution in [0.25, 0.3) is 0 Å². The highest BCUT2D eigenvalue weighted by atomic mass is 35.5. The van der Waals surface area contributed by atoms with E-state index in [0.717, 1.165) is 37.9 Å². The second-order valence-corrected chi connectivity index (χ2v) is 5.16. The van der Waals surface area contributed by atoms with Crippen molar-refractivity contribution in [3.8, 4) is 0 Å². The van der Waals surface area contributed by atoms with E-state index in [1.165, 1.54) is 0 Å². The molecule has 1 aliphatic rings. The lowest BCUT2D eigenvalue weighted by Crippen LogP contribution is -2.42. The number of alkyl halides is 3. The van der Waals surface area contributed by atoms with E-state index in [-0.39, 0.29) is 35.3 Å². The Bertz CT molecular complexity index is 454. The summed E-state index contributed by atoms with van der Waals surface area (Å²) in [4.78, 5) is 3.75. The van der Waals surface area contributed by atoms with Crippen molar-refractivity contribution in [2.24, 2.45) is 5.73 Å². The van der Waals surface area contributed by atoms with Gasteiger partial charge in [-0.05, 0) is 18.9 Å². The van der Waals surface area contributed by atoms with E-state index in [0.29, 0.717) is 0 Å². The van der Waals surface area contributed by atoms with E-state index in [2.05, 4.69) is 10.3 Å². The molecule has 2 unspecified atom stereocenters. The van der Waals surface area contributed by atoms with Crippen LogP contribution in [0.3, 0.4) is 0 Å². The van der Waals surface area contributed by atoms with Crippen molar-refractivity contribution in [3.63, 3.8) is 0 Å². The van der Waals surface area contributed by atoms with Crippen molar-refractivity contribution in [1.29, 1.82) is 0 Å². The topological polar surface area (TPSA) is 50.9 Å². The van der Waals surface area contributed by atoms with Gasteiger partial charge in [-0.1, -0.05) is 24.4 Å². The minimum absolute atomic E-state index is 0. The van der Waals surface area contributed by atoms with Crippen molar-refractivity contribution >= 4 is 29.8 Å². The number of pyridine rings is 1. The number of nitrogens with one attached hydrogen (secondary N) is 1. The standard InChI is InChI=1S/C12H15ClF3N3.ClH/c13-8-5-7(12(14,15)16)6-18-11(8)19-10-4-2-1-3-9(10)17;/h5-6,9-10H,1-4,17H2,(H,18,19);1H. The molecule has 0 bridgehead atoms. The summed E-state index contributed by atoms with van der Waals surface area (Å²) in [6.45, 7) is 0. The predicted molar refractivity (Wildman–Crippen MR) is 75.4 cm³/mol. The second kappa shape index (κ2) is 6.83. The molecule has 0 aromatic carbocycles. The van der Waals surface area contributed by atoms with Crippen LogP contribution >= 0.6 is 24.0 Å². The van der Waals surface area contributed by atoms with Crippen molar-refractivity contribution < 1.29 is 13.2 Å². The smallest absolute Gasteiger partial charge is 0.365 e. The molecule has 1 aliphatic carbocycles. The third kappa shape index (κ3) is 4.14. The summed E-state index contributed by atoms with van der Waals surface area (Å²) in [6, 6.07) is 0.870. The largest absolute Gasteiger partial charge is 0.417 e. The Balaban J connectivity index is 0.00000200. The summed E-state index contributed by atoms with van der Waals surface area (Å²) >= 11 is 5.84. The number of halogens is 5. The summed E-state index contributed by atoms with van der Waals surface area (Å²) in [5, 5.41) is 3.01. The van der Waals surface area contributed by atoms with Crippen LogP contribution in [0.2, 0.25) is 5.02 Å². The summed E-state index contributed by atoms with van der Waals surface area (Å²) in [6.07, 6.45) is 0.242. The molecule has 1 heterocycles. The Kier molecular flexibility index (Phi) is 5.91. The fourth-order valence-electron chi connectivity index (χ4n) is 2.21. The van der Waals surface area contributed by atoms with Crippen LogP contribution in [0.1, 0.15) is 31.2 Å². The van der Waals surface area contributed by atoms with Crippen LogP contribution in [-0.2, 0) is 6.18 Å². The Morgan fingerprint density at radius 3 is 2.50 bits per heavy atom. The molecule has 0 saturated heterocycles. The van der Waals surface area contributed by atoms with Gasteiger partial charge in [0.2, 0.25) is 0 Å². The van der Waals surface area contributed by atoms with E-state index in [1.54, 1.807) is 0 Å². The molecule has 0 spiro atoms. The fourth-order valence-corrected chi connectivity index (χ4v) is 2.43. The Morgan fingerprint density at radius 2 is 1.95 bits per heavy atom. The lowest BCUT2D eigenvalue weighted by atomic mass is 9.91. The summed E-state index contributed by atoms with van der Waals surface area (Å²) in [5.74, 6) is 0.261. The van der Waals surface area contributed by atoms with Gasteiger partial charge in [0, 0.05) is 18.3 Å². The van der Waals surface area contributed by atoms with Crippen LogP contribution in [-0.4, -0.2) is 17.1 Å². The van der Waals surface area contributed by atoms with Crippen molar-refractivity contribution in [3.05, 3.63) is 22.8 Å². The first-order valence-corrected chi connectivity index (χ1v) is 6.50. The van der Waals surface area contributed by atoms with Crippen molar-refractivity contribution in [1.82, 2.24) is 4.98 Å². The Morgan fingerprint density at radius 1 is 1.30 bits per heavy atom. The summed E-state index contributed by atoms with van der Waals surface area (Å²) < 4.78 is 37.4. The van der Waals surface area contributed by atoms with Crippen LogP contribution in [0, 0.1) is 0 Å². The minimum atomic E-state index is -4.43. The molecule has 0 radical (unpaired) electrons. The molecule has 2 rings (SSSR count). The third-order valence-electron chi connectivity index (χ3n) is 3.31. The van der Waals surface area contributed by atoms with Gasteiger partial charge < -0.3 is 11.1 Å². The van der Waals surface area contributed by atoms with Gasteiger partial charge in [-0.25, -0.2) is 4.98 Å². The van der Waals surface area contributed by atoms with E-state index in [9.17, 15) is 13.2 Å². The fraction of sp³-hybridized carbons (Fsp3) is 0.583. The van der Waals surface area contributed by atoms with Crippen LogP contribution in [0.15, 0.2) is 12.3 Å². The SMILES string of the molecule is Cl.NC1CCCCC1Nc1ncc(C(F)(F)F)cc1Cl. The normalized spacial score (nSPS) is 23.1. The number of rotatable bonds is 2. The number of aromatic nitrogens is 1. The first kappa shape index (κ1) is 17.3. The molecule has 20 heavy (non-hydrogen) atoms. The Hall–Kier alpha value is -0.720. The molecule has 3 N–H and O–H groups in total. The van der Waals surface area contributed by atoms with Gasteiger partial charge in [-0.15, -0.1) is 12.4 Å². The Labute approximate surface area is 126 Å². The zero-order valence-electron chi connectivity index (χ0n) is 10.6. The average molecular weight is 330 g/mol. The molecule has 1 aromatic heterocycles. The van der Waals surface area contributed by atoms with Gasteiger partial charge in [0.05, 0.1) is 10.6 Å². The van der Waals surface area contributed by atoms with E-state index in [4.69, 9.17) is 17.3 Å². The minimum Gasteiger partial charge on any atom is -0.365 e. The maximum Gasteiger partial charge on any atom is 0.417 e. The number of anilines is 1. The molecule has 0 aliphatic heterocycles. The highest BCUT2D eigenvalue weighted by Gasteiger charge is 2.32. The van der Waals surface area contributed by atoms with E-state index >= 15 is 0 Å². The monoisotopic (exact) mass is 329 g/mol. The van der Waals surface area contributed by atoms with E-state index < -0.39 is 11.7 Å². The lowest BCUT2D eigenvalue weighted by molar-refractivity contribution is -0.137. The number of hydrogen-bond donors (Lipinski definition) is 2. The van der Waals surface area contributed by atoms with Gasteiger partial charge in [0.25, 0.3) is 0 Å². The quantitative estimate of drug-likeness (QED) is 0.866. The van der Waals surface area contributed by atoms with Gasteiger partial charge in [-0.3, -0.25) is 0 Å². The first-order chi connectivity index (χ1) is 8.88. The van der Waals surface area contributed by atoms with E-state index in [1.807, 2.05) is 0 Å². The molecular formula is C12H16Cl2F3N3. The average Bonchev–Trinajstić information content (AvgIpc) is 2.33. The van der Waals surface area contributed by atoms with Crippen LogP contribution in [0.4, 0.5) is 19.0 Å². The van der Waals surface area contributed by atoms with Gasteiger partial charge in [0.1, 0.15) is 5.82 Å². The molecular weight excluding hydrogens is 314 g/mol. The predicted octanol–water partition coefficient (Wildman–Crippen LogP) is 3.86. The van der Waals surface area contributed by atoms with Crippen molar-refractivity contribution in [2.45, 2.75) is 43.9 Å². The number of nitrogens with zero attached hydrogens (tertiary/aromatic N) is 1. The third-order valence-corrected chi connectivity index (χ3v) is 3.60. The molecule has 1 fully saturated rings. The zero-order chi connectivity index (χ0) is 14.0. The molecule has 3 nitrogen and oxygen atoms in total. The van der Waals surface area contributed by atoms with Crippen LogP contribution < -0.4 is 11.1 Å². The molecule has 1 saturated carbocycles. The van der Waals surface area contributed by atoms with Crippen molar-refractivity contribution in [2.75, 3.05) is 5.32 Å². The molecule has 1 aromatic rings. The lowest BCUT2D eigenvalue weighted by Gasteiger charge is -2.30. The van der Waals surface area contributed by atoms with Gasteiger partial charge in [0.15, 0.2) is 0 Å². The maximum atomic E-state index is 12.5. The van der Waals surface area contributed by atoms with Gasteiger partial charge in [-0.2, -0.15) is 13.2 Å². The first-order valence-electron chi connectivity index (χ1n) is 6.13. The summed E-state index contributed by atoms with van der Waals surface area (Å²) in [7, 11) is 0. The maximum absolute atomic E-state index is 12.5. The second-order valence-electron chi connectivity index (χ2n) is 4.75.